The summed E-state index contributed by atoms with van der Waals surface area (Å²) in [4.78, 5) is 28.8. The molecule has 1 unspecified atom stereocenters. The minimum atomic E-state index is -0.940. The third-order valence-corrected chi connectivity index (χ3v) is 9.92. The molecule has 0 aliphatic carbocycles. The summed E-state index contributed by atoms with van der Waals surface area (Å²) in [5, 5.41) is 22.9. The van der Waals surface area contributed by atoms with Gasteiger partial charge in [-0.2, -0.15) is 0 Å². The van der Waals surface area contributed by atoms with Crippen LogP contribution in [0.25, 0.3) is 16.5 Å². The molecule has 240 valence electrons. The van der Waals surface area contributed by atoms with Gasteiger partial charge in [0, 0.05) is 11.3 Å². The Morgan fingerprint density at radius 2 is 1.64 bits per heavy atom. The minimum Gasteiger partial charge on any atom is -0.507 e. The van der Waals surface area contributed by atoms with E-state index >= 15 is 0 Å². The Labute approximate surface area is 282 Å². The van der Waals surface area contributed by atoms with E-state index in [9.17, 15) is 14.7 Å². The molecule has 1 aliphatic heterocycles. The summed E-state index contributed by atoms with van der Waals surface area (Å²) in [7, 11) is 0. The number of hydrogen-bond acceptors (Lipinski definition) is 9. The van der Waals surface area contributed by atoms with Gasteiger partial charge in [0.1, 0.15) is 17.3 Å². The summed E-state index contributed by atoms with van der Waals surface area (Å²) in [6.07, 6.45) is 2.74. The standard InChI is InChI=1S/C37H35N3O5S2/c1-3-5-21-45-29-14-9-12-26(22-29)32-31(33(41)25-16-18-28(19-17-25)44-20-4-2)34(42)35(43)40(32)36-38-39-37(47-36)46-23-27-13-8-11-24-10-6-7-15-30(24)27/h6-19,22,32,41H,3-5,20-21,23H2,1-2H3/b33-31+. The van der Waals surface area contributed by atoms with E-state index in [0.717, 1.165) is 30.2 Å². The van der Waals surface area contributed by atoms with Crippen molar-refractivity contribution >= 4 is 56.5 Å². The van der Waals surface area contributed by atoms with E-state index in [4.69, 9.17) is 9.47 Å². The van der Waals surface area contributed by atoms with Gasteiger partial charge >= 0.3 is 5.91 Å². The fourth-order valence-electron chi connectivity index (χ4n) is 5.45. The van der Waals surface area contributed by atoms with Gasteiger partial charge in [-0.05, 0) is 71.1 Å². The number of benzene rings is 4. The van der Waals surface area contributed by atoms with E-state index < -0.39 is 17.7 Å². The molecular weight excluding hydrogens is 631 g/mol. The number of thioether (sulfide) groups is 1. The maximum atomic E-state index is 13.8. The van der Waals surface area contributed by atoms with Gasteiger partial charge in [-0.15, -0.1) is 10.2 Å². The van der Waals surface area contributed by atoms with Crippen LogP contribution in [0.3, 0.4) is 0 Å². The molecular formula is C37H35N3O5S2. The van der Waals surface area contributed by atoms with E-state index in [0.29, 0.717) is 45.9 Å². The molecule has 1 aliphatic rings. The lowest BCUT2D eigenvalue weighted by Gasteiger charge is -2.23. The lowest BCUT2D eigenvalue weighted by Crippen LogP contribution is -2.29. The molecule has 0 spiro atoms. The smallest absolute Gasteiger partial charge is 0.301 e. The zero-order chi connectivity index (χ0) is 32.8. The lowest BCUT2D eigenvalue weighted by atomic mass is 9.95. The molecule has 4 aromatic carbocycles. The molecule has 2 heterocycles. The van der Waals surface area contributed by atoms with Crippen molar-refractivity contribution in [3.05, 3.63) is 113 Å². The number of aliphatic hydroxyl groups is 1. The highest BCUT2D eigenvalue weighted by Gasteiger charge is 2.48. The molecule has 1 amide bonds. The highest BCUT2D eigenvalue weighted by Crippen LogP contribution is 2.45. The van der Waals surface area contributed by atoms with Crippen LogP contribution in [0.1, 0.15) is 55.8 Å². The molecule has 0 bridgehead atoms. The van der Waals surface area contributed by atoms with E-state index in [1.165, 1.54) is 33.4 Å². The van der Waals surface area contributed by atoms with Crippen LogP contribution in [-0.4, -0.2) is 40.2 Å². The molecule has 8 nitrogen and oxygen atoms in total. The molecule has 5 aromatic rings. The second-order valence-electron chi connectivity index (χ2n) is 11.1. The molecule has 47 heavy (non-hydrogen) atoms. The highest BCUT2D eigenvalue weighted by atomic mass is 32.2. The number of fused-ring (bicyclic) bond motifs is 1. The van der Waals surface area contributed by atoms with Gasteiger partial charge in [0.2, 0.25) is 5.13 Å². The first kappa shape index (κ1) is 32.3. The van der Waals surface area contributed by atoms with Crippen molar-refractivity contribution < 1.29 is 24.2 Å². The van der Waals surface area contributed by atoms with E-state index in [2.05, 4.69) is 41.4 Å². The molecule has 10 heteroatoms. The SMILES string of the molecule is CCCCOc1cccc(C2/C(=C(\O)c3ccc(OCCC)cc3)C(=O)C(=O)N2c2nnc(SCc3cccc4ccccc34)s2)c1. The average molecular weight is 666 g/mol. The van der Waals surface area contributed by atoms with Crippen molar-refractivity contribution in [2.75, 3.05) is 18.1 Å². The van der Waals surface area contributed by atoms with Crippen LogP contribution in [-0.2, 0) is 15.3 Å². The first-order valence-electron chi connectivity index (χ1n) is 15.7. The van der Waals surface area contributed by atoms with Crippen LogP contribution in [0, 0.1) is 0 Å². The van der Waals surface area contributed by atoms with Gasteiger partial charge < -0.3 is 14.6 Å². The number of hydrogen-bond donors (Lipinski definition) is 1. The lowest BCUT2D eigenvalue weighted by molar-refractivity contribution is -0.132. The summed E-state index contributed by atoms with van der Waals surface area (Å²) < 4.78 is 12.3. The summed E-state index contributed by atoms with van der Waals surface area (Å²) in [6.45, 7) is 5.22. The van der Waals surface area contributed by atoms with Crippen molar-refractivity contribution in [1.29, 1.82) is 0 Å². The number of anilines is 1. The van der Waals surface area contributed by atoms with E-state index in [-0.39, 0.29) is 16.5 Å². The van der Waals surface area contributed by atoms with Crippen LogP contribution in [0.2, 0.25) is 0 Å². The van der Waals surface area contributed by atoms with Crippen molar-refractivity contribution in [3.63, 3.8) is 0 Å². The highest BCUT2D eigenvalue weighted by molar-refractivity contribution is 8.00. The van der Waals surface area contributed by atoms with Crippen molar-refractivity contribution in [3.8, 4) is 11.5 Å². The third kappa shape index (κ3) is 7.03. The number of carbonyl (C=O) groups is 2. The molecule has 1 N–H and O–H groups in total. The van der Waals surface area contributed by atoms with Crippen molar-refractivity contribution in [2.45, 2.75) is 49.2 Å². The summed E-state index contributed by atoms with van der Waals surface area (Å²) >= 11 is 2.76. The third-order valence-electron chi connectivity index (χ3n) is 7.82. The molecule has 1 aromatic heterocycles. The maximum Gasteiger partial charge on any atom is 0.301 e. The fraction of sp³-hybridized carbons (Fsp3) is 0.243. The van der Waals surface area contributed by atoms with Gasteiger partial charge in [-0.1, -0.05) is 98.0 Å². The Hall–Kier alpha value is -4.67. The molecule has 1 saturated heterocycles. The van der Waals surface area contributed by atoms with Gasteiger partial charge in [0.25, 0.3) is 5.78 Å². The van der Waals surface area contributed by atoms with Crippen LogP contribution in [0.15, 0.2) is 101 Å². The van der Waals surface area contributed by atoms with Crippen LogP contribution in [0.4, 0.5) is 5.13 Å². The number of nitrogens with zero attached hydrogens (tertiary/aromatic N) is 3. The molecule has 0 saturated carbocycles. The normalized spacial score (nSPS) is 15.8. The van der Waals surface area contributed by atoms with Crippen molar-refractivity contribution in [1.82, 2.24) is 10.2 Å². The Kier molecular flexibility index (Phi) is 10.2. The largest absolute Gasteiger partial charge is 0.507 e. The van der Waals surface area contributed by atoms with Gasteiger partial charge in [0.05, 0.1) is 24.8 Å². The Bertz CT molecular complexity index is 1920. The molecule has 6 rings (SSSR count). The predicted octanol–water partition coefficient (Wildman–Crippen LogP) is 8.58. The van der Waals surface area contributed by atoms with Crippen molar-refractivity contribution in [2.24, 2.45) is 0 Å². The van der Waals surface area contributed by atoms with Crippen LogP contribution in [0.5, 0.6) is 11.5 Å². The molecule has 0 radical (unpaired) electrons. The first-order valence-corrected chi connectivity index (χ1v) is 17.5. The second-order valence-corrected chi connectivity index (χ2v) is 13.3. The number of ether oxygens (including phenoxy) is 2. The topological polar surface area (TPSA) is 102 Å². The Balaban J connectivity index is 1.35. The Morgan fingerprint density at radius 3 is 2.45 bits per heavy atom. The number of aliphatic hydroxyl groups excluding tert-OH is 1. The zero-order valence-corrected chi connectivity index (χ0v) is 27.9. The number of carbonyl (C=O) groups excluding carboxylic acids is 2. The molecule has 1 fully saturated rings. The second kappa shape index (κ2) is 14.8. The number of Topliss-reactive ketones (excluding diaryl/α,β-unsaturated/α-hetero) is 1. The number of ketones is 1. The number of aromatic nitrogens is 2. The first-order chi connectivity index (χ1) is 23.0. The zero-order valence-electron chi connectivity index (χ0n) is 26.2. The summed E-state index contributed by atoms with van der Waals surface area (Å²) in [5.74, 6) is 0.0789. The quantitative estimate of drug-likeness (QED) is 0.0333. The summed E-state index contributed by atoms with van der Waals surface area (Å²) in [5.41, 5.74) is 2.15. The van der Waals surface area contributed by atoms with Crippen LogP contribution < -0.4 is 14.4 Å². The maximum absolute atomic E-state index is 13.8. The van der Waals surface area contributed by atoms with E-state index in [1.807, 2.05) is 49.4 Å². The van der Waals surface area contributed by atoms with Gasteiger partial charge in [0.15, 0.2) is 4.34 Å². The number of rotatable bonds is 13. The predicted molar refractivity (Wildman–Crippen MR) is 187 cm³/mol. The number of amides is 1. The summed E-state index contributed by atoms with van der Waals surface area (Å²) in [6, 6.07) is 27.6. The monoisotopic (exact) mass is 665 g/mol. The van der Waals surface area contributed by atoms with E-state index in [1.54, 1.807) is 24.3 Å². The minimum absolute atomic E-state index is 0.0249. The molecule has 1 atom stereocenters. The number of unbranched alkanes of at least 4 members (excludes halogenated alkanes) is 1. The fourth-order valence-corrected chi connectivity index (χ4v) is 7.33. The van der Waals surface area contributed by atoms with Crippen LogP contribution >= 0.6 is 23.1 Å². The Morgan fingerprint density at radius 1 is 0.872 bits per heavy atom. The average Bonchev–Trinajstić information content (AvgIpc) is 3.68. The van der Waals surface area contributed by atoms with Gasteiger partial charge in [-0.3, -0.25) is 14.5 Å². The van der Waals surface area contributed by atoms with Gasteiger partial charge in [-0.25, -0.2) is 0 Å².